The minimum absolute atomic E-state index is 0.841. The van der Waals surface area contributed by atoms with Crippen LogP contribution in [0.4, 0.5) is 0 Å². The zero-order valence-electron chi connectivity index (χ0n) is 9.55. The molecule has 1 nitrogen and oxygen atoms in total. The largest absolute Gasteiger partial charge is 0.315 e. The van der Waals surface area contributed by atoms with Gasteiger partial charge < -0.3 is 5.32 Å². The van der Waals surface area contributed by atoms with Crippen LogP contribution in [0.3, 0.4) is 0 Å². The topological polar surface area (TPSA) is 12.0 Å². The van der Waals surface area contributed by atoms with Crippen LogP contribution in [0, 0.1) is 0 Å². The molecule has 3 aliphatic rings. The van der Waals surface area contributed by atoms with Crippen molar-refractivity contribution in [2.45, 2.75) is 25.5 Å². The lowest BCUT2D eigenvalue weighted by Gasteiger charge is -2.17. The Morgan fingerprint density at radius 3 is 2.53 bits per heavy atom. The van der Waals surface area contributed by atoms with E-state index >= 15 is 0 Å². The molecular formula is C13H19NS. The summed E-state index contributed by atoms with van der Waals surface area (Å²) in [4.78, 5) is 0. The summed E-state index contributed by atoms with van der Waals surface area (Å²) < 4.78 is 0. The normalized spacial score (nSPS) is 27.6. The van der Waals surface area contributed by atoms with Crippen molar-refractivity contribution in [2.24, 2.45) is 0 Å². The maximum Gasteiger partial charge on any atom is 0.0144 e. The van der Waals surface area contributed by atoms with E-state index in [9.17, 15) is 0 Å². The van der Waals surface area contributed by atoms with Crippen LogP contribution < -0.4 is 5.32 Å². The van der Waals surface area contributed by atoms with E-state index in [2.05, 4.69) is 49.2 Å². The van der Waals surface area contributed by atoms with E-state index in [0.717, 1.165) is 5.25 Å². The summed E-state index contributed by atoms with van der Waals surface area (Å²) in [5, 5.41) is 4.16. The molecule has 1 aliphatic heterocycles. The molecule has 1 heterocycles. The van der Waals surface area contributed by atoms with Gasteiger partial charge in [-0.3, -0.25) is 0 Å². The van der Waals surface area contributed by atoms with Crippen molar-refractivity contribution < 1.29 is 0 Å². The molecule has 2 bridgehead atoms. The van der Waals surface area contributed by atoms with E-state index in [1.54, 1.807) is 0 Å². The van der Waals surface area contributed by atoms with E-state index in [4.69, 9.17) is 0 Å². The van der Waals surface area contributed by atoms with E-state index in [0.29, 0.717) is 0 Å². The van der Waals surface area contributed by atoms with Gasteiger partial charge in [-0.05, 0) is 30.1 Å². The van der Waals surface area contributed by atoms with Crippen LogP contribution in [0.15, 0.2) is 34.9 Å². The van der Waals surface area contributed by atoms with Crippen molar-refractivity contribution >= 4 is 11.8 Å². The van der Waals surface area contributed by atoms with Gasteiger partial charge in [-0.15, -0.1) is 0 Å². The monoisotopic (exact) mass is 221 g/mol. The van der Waals surface area contributed by atoms with Gasteiger partial charge in [0.15, 0.2) is 0 Å². The molecule has 1 atom stereocenters. The van der Waals surface area contributed by atoms with Gasteiger partial charge in [-0.25, -0.2) is 0 Å². The minimum atomic E-state index is 0.841. The molecule has 2 heteroatoms. The average Bonchev–Trinajstić information content (AvgIpc) is 2.81. The Balaban J connectivity index is 0.000000115. The number of hydrogen-bond donors (Lipinski definition) is 1. The summed E-state index contributed by atoms with van der Waals surface area (Å²) in [6, 6.07) is 0. The van der Waals surface area contributed by atoms with Gasteiger partial charge in [0.25, 0.3) is 0 Å². The summed E-state index contributed by atoms with van der Waals surface area (Å²) in [6.07, 6.45) is 7.87. The summed E-state index contributed by atoms with van der Waals surface area (Å²) in [7, 11) is 0. The maximum absolute atomic E-state index is 3.31. The van der Waals surface area contributed by atoms with Gasteiger partial charge in [-0.2, -0.15) is 11.8 Å². The maximum atomic E-state index is 3.31. The van der Waals surface area contributed by atoms with Crippen LogP contribution >= 0.6 is 11.8 Å². The molecule has 1 fully saturated rings. The highest BCUT2D eigenvalue weighted by molar-refractivity contribution is 7.99. The average molecular weight is 221 g/mol. The summed E-state index contributed by atoms with van der Waals surface area (Å²) in [6.45, 7) is 6.84. The molecule has 0 amide bonds. The smallest absolute Gasteiger partial charge is 0.0144 e. The Kier molecular flexibility index (Phi) is 3.71. The Morgan fingerprint density at radius 1 is 1.40 bits per heavy atom. The third kappa shape index (κ3) is 2.99. The second-order valence-corrected chi connectivity index (χ2v) is 5.87. The van der Waals surface area contributed by atoms with Crippen LogP contribution in [0.2, 0.25) is 0 Å². The third-order valence-corrected chi connectivity index (χ3v) is 4.09. The molecule has 82 valence electrons. The molecule has 0 aromatic heterocycles. The molecular weight excluding hydrogens is 202 g/mol. The fourth-order valence-electron chi connectivity index (χ4n) is 1.98. The molecule has 0 saturated carbocycles. The van der Waals surface area contributed by atoms with Crippen molar-refractivity contribution in [1.29, 1.82) is 0 Å². The number of thioether (sulfide) groups is 1. The van der Waals surface area contributed by atoms with Crippen LogP contribution in [0.1, 0.15) is 20.3 Å². The fourth-order valence-corrected chi connectivity index (χ4v) is 2.88. The van der Waals surface area contributed by atoms with Gasteiger partial charge in [0.1, 0.15) is 0 Å². The molecule has 0 spiro atoms. The van der Waals surface area contributed by atoms with Gasteiger partial charge >= 0.3 is 0 Å². The molecule has 0 aromatic carbocycles. The second-order valence-electron chi connectivity index (χ2n) is 4.32. The van der Waals surface area contributed by atoms with Gasteiger partial charge in [-0.1, -0.05) is 25.2 Å². The Bertz CT molecular complexity index is 319. The van der Waals surface area contributed by atoms with Crippen molar-refractivity contribution in [3.8, 4) is 0 Å². The number of nitrogens with one attached hydrogen (secondary N) is 1. The van der Waals surface area contributed by atoms with E-state index in [-0.39, 0.29) is 0 Å². The quantitative estimate of drug-likeness (QED) is 0.675. The van der Waals surface area contributed by atoms with E-state index < -0.39 is 0 Å². The van der Waals surface area contributed by atoms with Crippen molar-refractivity contribution in [3.63, 3.8) is 0 Å². The first-order valence-electron chi connectivity index (χ1n) is 5.66. The Hall–Kier alpha value is -0.470. The van der Waals surface area contributed by atoms with Gasteiger partial charge in [0.2, 0.25) is 0 Å². The van der Waals surface area contributed by atoms with E-state index in [1.165, 1.54) is 42.0 Å². The molecule has 1 N–H and O–H groups in total. The highest BCUT2D eigenvalue weighted by atomic mass is 32.2. The van der Waals surface area contributed by atoms with Crippen LogP contribution in [-0.2, 0) is 0 Å². The number of rotatable bonds is 0. The van der Waals surface area contributed by atoms with Gasteiger partial charge in [0.05, 0.1) is 0 Å². The highest BCUT2D eigenvalue weighted by Crippen LogP contribution is 2.32. The molecule has 0 aromatic rings. The van der Waals surface area contributed by atoms with Crippen molar-refractivity contribution in [1.82, 2.24) is 5.32 Å². The summed E-state index contributed by atoms with van der Waals surface area (Å²) >= 11 is 2.06. The second kappa shape index (κ2) is 5.04. The SMILES string of the molecule is CC1=C2C=CC(=C1)C2.CC1CNCCS1. The van der Waals surface area contributed by atoms with Crippen LogP contribution in [0.25, 0.3) is 0 Å². The highest BCUT2D eigenvalue weighted by Gasteiger charge is 2.13. The zero-order valence-corrected chi connectivity index (χ0v) is 10.4. The lowest BCUT2D eigenvalue weighted by molar-refractivity contribution is 0.695. The standard InChI is InChI=1S/C8H8.C5H11NS/c1-6-4-7-2-3-8(6)5-7;1-5-4-6-2-3-7-5/h2-4H,5H2,1H3;5-6H,2-4H2,1H3. The molecule has 1 saturated heterocycles. The van der Waals surface area contributed by atoms with E-state index in [1.807, 2.05) is 0 Å². The summed E-state index contributed by atoms with van der Waals surface area (Å²) in [5.41, 5.74) is 4.46. The fraction of sp³-hybridized carbons (Fsp3) is 0.538. The first-order chi connectivity index (χ1) is 7.25. The number of hydrogen-bond acceptors (Lipinski definition) is 2. The molecule has 1 unspecified atom stereocenters. The van der Waals surface area contributed by atoms with Crippen molar-refractivity contribution in [3.05, 3.63) is 34.9 Å². The van der Waals surface area contributed by atoms with Gasteiger partial charge in [0, 0.05) is 24.1 Å². The predicted molar refractivity (Wildman–Crippen MR) is 69.3 cm³/mol. The summed E-state index contributed by atoms with van der Waals surface area (Å²) in [5.74, 6) is 1.29. The molecule has 15 heavy (non-hydrogen) atoms. The zero-order chi connectivity index (χ0) is 10.7. The predicted octanol–water partition coefficient (Wildman–Crippen LogP) is 2.91. The first kappa shape index (κ1) is 11.0. The lowest BCUT2D eigenvalue weighted by atomic mass is 10.2. The Labute approximate surface area is 96.7 Å². The van der Waals surface area contributed by atoms with Crippen LogP contribution in [0.5, 0.6) is 0 Å². The Morgan fingerprint density at radius 2 is 2.27 bits per heavy atom. The molecule has 0 radical (unpaired) electrons. The number of allylic oxidation sites excluding steroid dienone is 6. The lowest BCUT2D eigenvalue weighted by Crippen LogP contribution is -2.30. The molecule has 2 aliphatic carbocycles. The van der Waals surface area contributed by atoms with Crippen molar-refractivity contribution in [2.75, 3.05) is 18.8 Å². The van der Waals surface area contributed by atoms with Crippen LogP contribution in [-0.4, -0.2) is 24.1 Å². The number of fused-ring (bicyclic) bond motifs is 2. The third-order valence-electron chi connectivity index (χ3n) is 2.91. The molecule has 3 rings (SSSR count). The minimum Gasteiger partial charge on any atom is -0.315 e. The first-order valence-corrected chi connectivity index (χ1v) is 6.71.